The fourth-order valence-corrected chi connectivity index (χ4v) is 2.11. The smallest absolute Gasteiger partial charge is 0.0624 e. The van der Waals surface area contributed by atoms with Gasteiger partial charge >= 0.3 is 0 Å². The van der Waals surface area contributed by atoms with Crippen LogP contribution in [0.2, 0.25) is 0 Å². The molecule has 1 heterocycles. The van der Waals surface area contributed by atoms with Gasteiger partial charge in [-0.3, -0.25) is 0 Å². The predicted molar refractivity (Wildman–Crippen MR) is 65.6 cm³/mol. The van der Waals surface area contributed by atoms with E-state index in [9.17, 15) is 5.11 Å². The summed E-state index contributed by atoms with van der Waals surface area (Å²) in [4.78, 5) is 4.50. The fourth-order valence-electron chi connectivity index (χ4n) is 2.11. The van der Waals surface area contributed by atoms with Crippen molar-refractivity contribution in [2.24, 2.45) is 5.92 Å². The summed E-state index contributed by atoms with van der Waals surface area (Å²) in [6.07, 6.45) is 1.79. The van der Waals surface area contributed by atoms with E-state index in [0.29, 0.717) is 13.2 Å². The van der Waals surface area contributed by atoms with Crippen LogP contribution in [-0.2, 0) is 4.74 Å². The van der Waals surface area contributed by atoms with Gasteiger partial charge in [-0.1, -0.05) is 0 Å². The molecule has 2 atom stereocenters. The second-order valence-electron chi connectivity index (χ2n) is 5.11. The summed E-state index contributed by atoms with van der Waals surface area (Å²) in [6, 6.07) is 0. The zero-order valence-corrected chi connectivity index (χ0v) is 10.9. The third kappa shape index (κ3) is 5.25. The normalized spacial score (nSPS) is 26.6. The Morgan fingerprint density at radius 2 is 2.00 bits per heavy atom. The van der Waals surface area contributed by atoms with E-state index in [1.807, 2.05) is 0 Å². The Bertz CT molecular complexity index is 188. The second-order valence-corrected chi connectivity index (χ2v) is 5.11. The minimum atomic E-state index is -0.176. The lowest BCUT2D eigenvalue weighted by Crippen LogP contribution is -2.40. The molecule has 0 aromatic heterocycles. The highest BCUT2D eigenvalue weighted by atomic mass is 16.5. The SMILES string of the molecule is CN(C)CCCN(C)CC1COCCC1O. The van der Waals surface area contributed by atoms with Crippen LogP contribution in [0.3, 0.4) is 0 Å². The van der Waals surface area contributed by atoms with Crippen LogP contribution < -0.4 is 0 Å². The van der Waals surface area contributed by atoms with Crippen molar-refractivity contribution < 1.29 is 9.84 Å². The number of aliphatic hydroxyl groups excluding tert-OH is 1. The zero-order valence-electron chi connectivity index (χ0n) is 10.9. The summed E-state index contributed by atoms with van der Waals surface area (Å²) < 4.78 is 5.40. The molecule has 1 aliphatic heterocycles. The molecule has 1 rings (SSSR count). The maximum atomic E-state index is 9.82. The van der Waals surface area contributed by atoms with E-state index in [0.717, 1.165) is 26.1 Å². The van der Waals surface area contributed by atoms with Gasteiger partial charge in [-0.05, 0) is 47.1 Å². The highest BCUT2D eigenvalue weighted by Crippen LogP contribution is 2.15. The van der Waals surface area contributed by atoms with Crippen molar-refractivity contribution in [1.29, 1.82) is 0 Å². The lowest BCUT2D eigenvalue weighted by molar-refractivity contribution is -0.0445. The van der Waals surface area contributed by atoms with Crippen LogP contribution in [0, 0.1) is 5.92 Å². The molecule has 96 valence electrons. The minimum Gasteiger partial charge on any atom is -0.393 e. The van der Waals surface area contributed by atoms with Gasteiger partial charge in [-0.2, -0.15) is 0 Å². The second kappa shape index (κ2) is 7.22. The third-order valence-electron chi connectivity index (χ3n) is 3.13. The lowest BCUT2D eigenvalue weighted by atomic mass is 9.98. The van der Waals surface area contributed by atoms with Crippen molar-refractivity contribution in [2.45, 2.75) is 18.9 Å². The topological polar surface area (TPSA) is 35.9 Å². The maximum absolute atomic E-state index is 9.82. The van der Waals surface area contributed by atoms with Gasteiger partial charge in [0.15, 0.2) is 0 Å². The van der Waals surface area contributed by atoms with Crippen molar-refractivity contribution in [1.82, 2.24) is 9.80 Å². The number of aliphatic hydroxyl groups is 1. The molecule has 1 fully saturated rings. The molecule has 1 aliphatic rings. The van der Waals surface area contributed by atoms with Crippen molar-refractivity contribution in [2.75, 3.05) is 54.0 Å². The molecule has 0 saturated carbocycles. The van der Waals surface area contributed by atoms with Crippen LogP contribution in [0.1, 0.15) is 12.8 Å². The highest BCUT2D eigenvalue weighted by molar-refractivity contribution is 4.75. The number of rotatable bonds is 6. The Hall–Kier alpha value is -0.160. The van der Waals surface area contributed by atoms with Crippen LogP contribution in [0.25, 0.3) is 0 Å². The van der Waals surface area contributed by atoms with Crippen molar-refractivity contribution >= 4 is 0 Å². The van der Waals surface area contributed by atoms with E-state index in [-0.39, 0.29) is 12.0 Å². The Morgan fingerprint density at radius 1 is 1.25 bits per heavy atom. The summed E-state index contributed by atoms with van der Waals surface area (Å²) >= 11 is 0. The molecule has 0 spiro atoms. The van der Waals surface area contributed by atoms with Crippen molar-refractivity contribution in [3.63, 3.8) is 0 Å². The molecule has 0 amide bonds. The van der Waals surface area contributed by atoms with Crippen LogP contribution >= 0.6 is 0 Å². The fraction of sp³-hybridized carbons (Fsp3) is 1.00. The molecule has 4 heteroatoms. The van der Waals surface area contributed by atoms with Crippen LogP contribution in [0.5, 0.6) is 0 Å². The zero-order chi connectivity index (χ0) is 12.0. The lowest BCUT2D eigenvalue weighted by Gasteiger charge is -2.31. The molecular formula is C12H26N2O2. The van der Waals surface area contributed by atoms with Crippen LogP contribution in [0.15, 0.2) is 0 Å². The molecule has 4 nitrogen and oxygen atoms in total. The van der Waals surface area contributed by atoms with Gasteiger partial charge in [-0.25, -0.2) is 0 Å². The first-order chi connectivity index (χ1) is 7.59. The monoisotopic (exact) mass is 230 g/mol. The first kappa shape index (κ1) is 13.9. The van der Waals surface area contributed by atoms with Gasteiger partial charge in [0.05, 0.1) is 12.7 Å². The minimum absolute atomic E-state index is 0.176. The van der Waals surface area contributed by atoms with Gasteiger partial charge in [0, 0.05) is 19.1 Å². The van der Waals surface area contributed by atoms with Gasteiger partial charge in [-0.15, -0.1) is 0 Å². The van der Waals surface area contributed by atoms with Gasteiger partial charge in [0.2, 0.25) is 0 Å². The molecule has 1 saturated heterocycles. The van der Waals surface area contributed by atoms with Gasteiger partial charge in [0.1, 0.15) is 0 Å². The molecule has 0 aliphatic carbocycles. The molecule has 0 aromatic rings. The number of ether oxygens (including phenoxy) is 1. The average molecular weight is 230 g/mol. The Morgan fingerprint density at radius 3 is 2.62 bits per heavy atom. The number of nitrogens with zero attached hydrogens (tertiary/aromatic N) is 2. The largest absolute Gasteiger partial charge is 0.393 e. The van der Waals surface area contributed by atoms with E-state index in [1.165, 1.54) is 6.42 Å². The highest BCUT2D eigenvalue weighted by Gasteiger charge is 2.24. The molecule has 0 bridgehead atoms. The molecule has 0 aromatic carbocycles. The number of hydrogen-bond acceptors (Lipinski definition) is 4. The van der Waals surface area contributed by atoms with E-state index >= 15 is 0 Å². The summed E-state index contributed by atoms with van der Waals surface area (Å²) in [5.74, 6) is 0.290. The van der Waals surface area contributed by atoms with Crippen LogP contribution in [0.4, 0.5) is 0 Å². The van der Waals surface area contributed by atoms with E-state index in [1.54, 1.807) is 0 Å². The van der Waals surface area contributed by atoms with Crippen molar-refractivity contribution in [3.05, 3.63) is 0 Å². The maximum Gasteiger partial charge on any atom is 0.0624 e. The first-order valence-electron chi connectivity index (χ1n) is 6.18. The summed E-state index contributed by atoms with van der Waals surface area (Å²) in [6.45, 7) is 4.56. The molecule has 1 N–H and O–H groups in total. The summed E-state index contributed by atoms with van der Waals surface area (Å²) in [7, 11) is 6.31. The first-order valence-corrected chi connectivity index (χ1v) is 6.18. The Kier molecular flexibility index (Phi) is 6.28. The summed E-state index contributed by atoms with van der Waals surface area (Å²) in [5.41, 5.74) is 0. The molecule has 16 heavy (non-hydrogen) atoms. The van der Waals surface area contributed by atoms with Crippen LogP contribution in [-0.4, -0.2) is 75.0 Å². The van der Waals surface area contributed by atoms with Crippen molar-refractivity contribution in [3.8, 4) is 0 Å². The molecule has 0 radical (unpaired) electrons. The van der Waals surface area contributed by atoms with E-state index in [4.69, 9.17) is 4.74 Å². The molecule has 2 unspecified atom stereocenters. The quantitative estimate of drug-likeness (QED) is 0.710. The van der Waals surface area contributed by atoms with Gasteiger partial charge in [0.25, 0.3) is 0 Å². The van der Waals surface area contributed by atoms with Gasteiger partial charge < -0.3 is 19.6 Å². The van der Waals surface area contributed by atoms with E-state index in [2.05, 4.69) is 30.9 Å². The third-order valence-corrected chi connectivity index (χ3v) is 3.13. The predicted octanol–water partition coefficient (Wildman–Crippen LogP) is 0.267. The average Bonchev–Trinajstić information content (AvgIpc) is 2.21. The molecular weight excluding hydrogens is 204 g/mol. The number of hydrogen-bond donors (Lipinski definition) is 1. The van der Waals surface area contributed by atoms with E-state index < -0.39 is 0 Å². The summed E-state index contributed by atoms with van der Waals surface area (Å²) in [5, 5.41) is 9.82. The Balaban J connectivity index is 2.14. The standard InChI is InChI=1S/C12H26N2O2/c1-13(2)6-4-7-14(3)9-11-10-16-8-5-12(11)15/h11-12,15H,4-10H2,1-3H3. The Labute approximate surface area is 99.2 Å².